The molecule has 3 atom stereocenters. The molecular weight excluding hydrogens is 583 g/mol. The molecule has 1 aliphatic heterocycles. The lowest BCUT2D eigenvalue weighted by atomic mass is 9.96. The lowest BCUT2D eigenvalue weighted by Crippen LogP contribution is -2.45. The zero-order valence-corrected chi connectivity index (χ0v) is 27.0. The lowest BCUT2D eigenvalue weighted by Gasteiger charge is -2.27. The van der Waals surface area contributed by atoms with Crippen molar-refractivity contribution in [2.75, 3.05) is 19.8 Å². The molecule has 1 aromatic carbocycles. The van der Waals surface area contributed by atoms with Gasteiger partial charge in [-0.3, -0.25) is 4.79 Å². The van der Waals surface area contributed by atoms with E-state index in [1.807, 2.05) is 53.7 Å². The van der Waals surface area contributed by atoms with Crippen molar-refractivity contribution in [2.24, 2.45) is 0 Å². The zero-order valence-electron chi connectivity index (χ0n) is 27.0. The van der Waals surface area contributed by atoms with E-state index in [0.717, 1.165) is 36.8 Å². The molecule has 45 heavy (non-hydrogen) atoms. The van der Waals surface area contributed by atoms with Crippen LogP contribution in [0, 0.1) is 13.8 Å². The molecule has 1 saturated heterocycles. The number of hydrogen-bond acceptors (Lipinski definition) is 10. The van der Waals surface area contributed by atoms with E-state index in [1.54, 1.807) is 4.90 Å². The Kier molecular flexibility index (Phi) is 9.79. The van der Waals surface area contributed by atoms with Gasteiger partial charge in [-0.2, -0.15) is 9.97 Å². The minimum absolute atomic E-state index is 0.00135. The Balaban J connectivity index is 1.33. The average molecular weight is 627 g/mol. The SMILES string of the molecule is CCCOc1nc(O[C@@H]2CCCC[C@H]2F)nc2oc(-c3cc(C)c(OCC(=O)N4CCC[C@H]4C(=O)OC(C)(C)C)c(C)c3)nc12. The lowest BCUT2D eigenvalue weighted by molar-refractivity contribution is -0.163. The Labute approximate surface area is 262 Å². The summed E-state index contributed by atoms with van der Waals surface area (Å²) in [5.74, 6) is 0.415. The molecule has 1 amide bonds. The molecule has 0 bridgehead atoms. The number of esters is 1. The largest absolute Gasteiger partial charge is 0.483 e. The summed E-state index contributed by atoms with van der Waals surface area (Å²) in [6.45, 7) is 11.8. The van der Waals surface area contributed by atoms with Crippen LogP contribution in [-0.4, -0.2) is 75.4 Å². The summed E-state index contributed by atoms with van der Waals surface area (Å²) in [4.78, 5) is 40.8. The molecule has 1 saturated carbocycles. The molecule has 3 aromatic rings. The minimum Gasteiger partial charge on any atom is -0.483 e. The summed E-state index contributed by atoms with van der Waals surface area (Å²) in [7, 11) is 0. The summed E-state index contributed by atoms with van der Waals surface area (Å²) in [6, 6.07) is 3.09. The van der Waals surface area contributed by atoms with E-state index in [1.165, 1.54) is 0 Å². The second-order valence-corrected chi connectivity index (χ2v) is 12.8. The third kappa shape index (κ3) is 7.65. The highest BCUT2D eigenvalue weighted by atomic mass is 19.1. The summed E-state index contributed by atoms with van der Waals surface area (Å²) in [5, 5.41) is 0. The predicted octanol–water partition coefficient (Wildman–Crippen LogP) is 6.06. The summed E-state index contributed by atoms with van der Waals surface area (Å²) >= 11 is 0. The Hall–Kier alpha value is -3.96. The zero-order chi connectivity index (χ0) is 32.3. The number of aromatic nitrogens is 3. The van der Waals surface area contributed by atoms with Crippen LogP contribution in [0.25, 0.3) is 22.7 Å². The van der Waals surface area contributed by atoms with Crippen molar-refractivity contribution in [3.63, 3.8) is 0 Å². The third-order valence-electron chi connectivity index (χ3n) is 7.83. The predicted molar refractivity (Wildman–Crippen MR) is 164 cm³/mol. The fourth-order valence-corrected chi connectivity index (χ4v) is 5.77. The van der Waals surface area contributed by atoms with Crippen LogP contribution in [-0.2, 0) is 14.3 Å². The van der Waals surface area contributed by atoms with Gasteiger partial charge in [-0.15, -0.1) is 0 Å². The van der Waals surface area contributed by atoms with Gasteiger partial charge in [0, 0.05) is 12.1 Å². The smallest absolute Gasteiger partial charge is 0.329 e. The molecule has 0 unspecified atom stereocenters. The highest BCUT2D eigenvalue weighted by Gasteiger charge is 2.37. The first-order chi connectivity index (χ1) is 21.4. The number of aryl methyl sites for hydroxylation is 2. The Morgan fingerprint density at radius 1 is 1.02 bits per heavy atom. The molecule has 11 nitrogen and oxygen atoms in total. The number of rotatable bonds is 10. The van der Waals surface area contributed by atoms with Gasteiger partial charge in [0.25, 0.3) is 17.5 Å². The number of hydrogen-bond donors (Lipinski definition) is 0. The van der Waals surface area contributed by atoms with Crippen LogP contribution in [0.2, 0.25) is 0 Å². The van der Waals surface area contributed by atoms with E-state index in [2.05, 4.69) is 15.0 Å². The van der Waals surface area contributed by atoms with Crippen molar-refractivity contribution in [2.45, 2.75) is 110 Å². The fraction of sp³-hybridized carbons (Fsp3) is 0.606. The Bertz CT molecular complexity index is 1510. The van der Waals surface area contributed by atoms with Crippen LogP contribution in [0.3, 0.4) is 0 Å². The van der Waals surface area contributed by atoms with E-state index in [-0.39, 0.29) is 30.1 Å². The van der Waals surface area contributed by atoms with E-state index < -0.39 is 29.9 Å². The van der Waals surface area contributed by atoms with Crippen molar-refractivity contribution >= 4 is 23.1 Å². The van der Waals surface area contributed by atoms with Gasteiger partial charge in [0.2, 0.25) is 5.89 Å². The molecule has 0 radical (unpaired) electrons. The van der Waals surface area contributed by atoms with Crippen molar-refractivity contribution in [3.8, 4) is 29.1 Å². The number of benzene rings is 1. The fourth-order valence-electron chi connectivity index (χ4n) is 5.77. The number of nitrogens with zero attached hydrogens (tertiary/aromatic N) is 4. The average Bonchev–Trinajstić information content (AvgIpc) is 3.64. The number of oxazole rings is 1. The number of likely N-dealkylation sites (tertiary alicyclic amines) is 1. The molecule has 12 heteroatoms. The van der Waals surface area contributed by atoms with Gasteiger partial charge in [-0.05, 0) is 96.4 Å². The third-order valence-corrected chi connectivity index (χ3v) is 7.83. The van der Waals surface area contributed by atoms with Gasteiger partial charge in [-0.1, -0.05) is 13.3 Å². The van der Waals surface area contributed by atoms with Gasteiger partial charge in [-0.25, -0.2) is 14.2 Å². The van der Waals surface area contributed by atoms with Crippen molar-refractivity contribution < 1.29 is 37.3 Å². The quantitative estimate of drug-likeness (QED) is 0.245. The highest BCUT2D eigenvalue weighted by molar-refractivity contribution is 5.86. The van der Waals surface area contributed by atoms with E-state index in [0.29, 0.717) is 55.1 Å². The van der Waals surface area contributed by atoms with Gasteiger partial charge in [0.15, 0.2) is 12.1 Å². The van der Waals surface area contributed by atoms with Crippen LogP contribution >= 0.6 is 0 Å². The highest BCUT2D eigenvalue weighted by Crippen LogP contribution is 2.35. The van der Waals surface area contributed by atoms with Crippen LogP contribution in [0.5, 0.6) is 17.6 Å². The van der Waals surface area contributed by atoms with Crippen molar-refractivity contribution in [1.82, 2.24) is 19.9 Å². The van der Waals surface area contributed by atoms with Crippen LogP contribution in [0.4, 0.5) is 4.39 Å². The number of carbonyl (C=O) groups is 2. The topological polar surface area (TPSA) is 126 Å². The van der Waals surface area contributed by atoms with E-state index >= 15 is 0 Å². The van der Waals surface area contributed by atoms with Gasteiger partial charge in [0.1, 0.15) is 29.7 Å². The van der Waals surface area contributed by atoms with E-state index in [9.17, 15) is 14.0 Å². The monoisotopic (exact) mass is 626 g/mol. The first-order valence-corrected chi connectivity index (χ1v) is 15.8. The number of carbonyl (C=O) groups excluding carboxylic acids is 2. The molecule has 0 spiro atoms. The van der Waals surface area contributed by atoms with Gasteiger partial charge in [0.05, 0.1) is 6.61 Å². The summed E-state index contributed by atoms with van der Waals surface area (Å²) in [5.41, 5.74) is 2.11. The minimum atomic E-state index is -1.08. The Morgan fingerprint density at radius 3 is 2.44 bits per heavy atom. The molecule has 2 aromatic heterocycles. The van der Waals surface area contributed by atoms with Crippen LogP contribution in [0.1, 0.15) is 83.8 Å². The van der Waals surface area contributed by atoms with Crippen LogP contribution in [0.15, 0.2) is 16.5 Å². The van der Waals surface area contributed by atoms with Gasteiger partial charge >= 0.3 is 12.0 Å². The molecule has 3 heterocycles. The maximum absolute atomic E-state index is 14.5. The second-order valence-electron chi connectivity index (χ2n) is 12.8. The summed E-state index contributed by atoms with van der Waals surface area (Å²) < 4.78 is 43.7. The number of ether oxygens (including phenoxy) is 4. The molecule has 2 fully saturated rings. The number of halogens is 1. The first-order valence-electron chi connectivity index (χ1n) is 15.8. The van der Waals surface area contributed by atoms with Gasteiger partial charge < -0.3 is 28.3 Å². The molecular formula is C33H43FN4O7. The molecule has 2 aliphatic rings. The van der Waals surface area contributed by atoms with Crippen molar-refractivity contribution in [1.29, 1.82) is 0 Å². The van der Waals surface area contributed by atoms with E-state index in [4.69, 9.17) is 23.4 Å². The standard InChI is InChI=1S/C33H43FN4O7/c1-7-15-41-29-26-30(37-32(36-29)43-24-13-9-8-11-22(24)34)44-28(35-26)21-16-19(2)27(20(3)17-21)42-18-25(39)38-14-10-12-23(38)31(40)45-33(4,5)6/h16-17,22-24H,7-15,18H2,1-6H3/t22-,23+,24-/m1/s1. The van der Waals surface area contributed by atoms with Crippen LogP contribution < -0.4 is 14.2 Å². The Morgan fingerprint density at radius 2 is 1.76 bits per heavy atom. The van der Waals surface area contributed by atoms with Crippen molar-refractivity contribution in [3.05, 3.63) is 23.3 Å². The molecule has 244 valence electrons. The maximum Gasteiger partial charge on any atom is 0.329 e. The molecule has 5 rings (SSSR count). The number of fused-ring (bicyclic) bond motifs is 1. The normalized spacial score (nSPS) is 20.3. The second kappa shape index (κ2) is 13.6. The molecule has 1 aliphatic carbocycles. The number of amides is 1. The summed E-state index contributed by atoms with van der Waals surface area (Å²) in [6.07, 6.45) is 3.13. The maximum atomic E-state index is 14.5. The first kappa shape index (κ1) is 32.4. The molecule has 0 N–H and O–H groups in total. The number of alkyl halides is 1.